The van der Waals surface area contributed by atoms with Crippen molar-refractivity contribution in [2.45, 2.75) is 25.4 Å². The van der Waals surface area contributed by atoms with E-state index in [0.29, 0.717) is 12.5 Å². The SMILES string of the molecule is CC1(CN=C(N)NCCc2cccs2)OCCc2sccc21. The third-order valence-corrected chi connectivity index (χ3v) is 5.79. The highest BCUT2D eigenvalue weighted by atomic mass is 32.1. The van der Waals surface area contributed by atoms with Crippen molar-refractivity contribution in [3.05, 3.63) is 44.3 Å². The molecule has 3 heterocycles. The van der Waals surface area contributed by atoms with Gasteiger partial charge < -0.3 is 15.8 Å². The molecule has 0 bridgehead atoms. The Balaban J connectivity index is 1.55. The van der Waals surface area contributed by atoms with Gasteiger partial charge in [-0.2, -0.15) is 0 Å². The highest BCUT2D eigenvalue weighted by Gasteiger charge is 2.33. The van der Waals surface area contributed by atoms with Gasteiger partial charge in [-0.1, -0.05) is 6.07 Å². The van der Waals surface area contributed by atoms with Gasteiger partial charge in [0.1, 0.15) is 5.60 Å². The van der Waals surface area contributed by atoms with Crippen molar-refractivity contribution < 1.29 is 4.74 Å². The molecule has 6 heteroatoms. The van der Waals surface area contributed by atoms with Crippen molar-refractivity contribution in [3.8, 4) is 0 Å². The summed E-state index contributed by atoms with van der Waals surface area (Å²) < 4.78 is 5.98. The van der Waals surface area contributed by atoms with E-state index in [9.17, 15) is 0 Å². The number of nitrogens with two attached hydrogens (primary N) is 1. The Kier molecular flexibility index (Phi) is 4.81. The first kappa shape index (κ1) is 15.5. The molecule has 0 radical (unpaired) electrons. The van der Waals surface area contributed by atoms with Crippen molar-refractivity contribution in [2.24, 2.45) is 10.7 Å². The summed E-state index contributed by atoms with van der Waals surface area (Å²) in [5, 5.41) is 7.40. The second kappa shape index (κ2) is 6.81. The summed E-state index contributed by atoms with van der Waals surface area (Å²) in [7, 11) is 0. The van der Waals surface area contributed by atoms with Crippen LogP contribution >= 0.6 is 22.7 Å². The van der Waals surface area contributed by atoms with Gasteiger partial charge >= 0.3 is 0 Å². The molecule has 2 aromatic rings. The van der Waals surface area contributed by atoms with Crippen molar-refractivity contribution in [1.29, 1.82) is 0 Å². The molecule has 0 aromatic carbocycles. The van der Waals surface area contributed by atoms with Crippen molar-refractivity contribution in [2.75, 3.05) is 19.7 Å². The van der Waals surface area contributed by atoms with Crippen LogP contribution in [0.4, 0.5) is 0 Å². The standard InChI is InChI=1S/C16H21N3OS2/c1-16(13-6-10-22-14(13)5-8-20-16)11-19-15(17)18-7-4-12-3-2-9-21-12/h2-3,6,9-10H,4-5,7-8,11H2,1H3,(H3,17,18,19). The average molecular weight is 335 g/mol. The Morgan fingerprint density at radius 1 is 1.41 bits per heavy atom. The van der Waals surface area contributed by atoms with Crippen LogP contribution in [0.3, 0.4) is 0 Å². The summed E-state index contributed by atoms with van der Waals surface area (Å²) in [5.74, 6) is 0.490. The molecule has 0 aliphatic carbocycles. The Morgan fingerprint density at radius 2 is 2.32 bits per heavy atom. The summed E-state index contributed by atoms with van der Waals surface area (Å²) in [5.41, 5.74) is 6.88. The van der Waals surface area contributed by atoms with E-state index in [-0.39, 0.29) is 5.60 Å². The first-order chi connectivity index (χ1) is 10.7. The second-order valence-electron chi connectivity index (χ2n) is 5.54. The van der Waals surface area contributed by atoms with Gasteiger partial charge in [0.25, 0.3) is 0 Å². The molecule has 0 spiro atoms. The molecule has 3 N–H and O–H groups in total. The number of rotatable bonds is 5. The summed E-state index contributed by atoms with van der Waals surface area (Å²) in [6.45, 7) is 4.21. The maximum absolute atomic E-state index is 5.98. The predicted molar refractivity (Wildman–Crippen MR) is 93.8 cm³/mol. The third-order valence-electron chi connectivity index (χ3n) is 3.87. The minimum atomic E-state index is -0.354. The lowest BCUT2D eigenvalue weighted by Crippen LogP contribution is -2.38. The normalized spacial score (nSPS) is 21.6. The molecule has 1 aliphatic heterocycles. The molecule has 3 rings (SSSR count). The van der Waals surface area contributed by atoms with Gasteiger partial charge in [0, 0.05) is 22.7 Å². The molecule has 1 unspecified atom stereocenters. The zero-order valence-electron chi connectivity index (χ0n) is 12.7. The number of fused-ring (bicyclic) bond motifs is 1. The fourth-order valence-corrected chi connectivity index (χ4v) is 4.33. The minimum Gasteiger partial charge on any atom is -0.370 e. The zero-order chi connectivity index (χ0) is 15.4. The smallest absolute Gasteiger partial charge is 0.188 e. The van der Waals surface area contributed by atoms with E-state index in [2.05, 4.69) is 46.2 Å². The van der Waals surface area contributed by atoms with Gasteiger partial charge in [-0.25, -0.2) is 0 Å². The molecule has 4 nitrogen and oxygen atoms in total. The van der Waals surface area contributed by atoms with Gasteiger partial charge in [-0.3, -0.25) is 4.99 Å². The number of nitrogens with zero attached hydrogens (tertiary/aromatic N) is 1. The van der Waals surface area contributed by atoms with Crippen LogP contribution in [0.1, 0.15) is 22.2 Å². The number of aliphatic imine (C=N–C) groups is 1. The molecule has 1 aliphatic rings. The second-order valence-corrected chi connectivity index (χ2v) is 7.58. The Hall–Kier alpha value is -1.37. The average Bonchev–Trinajstić information content (AvgIpc) is 3.17. The minimum absolute atomic E-state index is 0.354. The quantitative estimate of drug-likeness (QED) is 0.652. The van der Waals surface area contributed by atoms with E-state index in [0.717, 1.165) is 26.0 Å². The Bertz CT molecular complexity index is 636. The lowest BCUT2D eigenvalue weighted by Gasteiger charge is -2.33. The number of guanidine groups is 1. The molecular formula is C16H21N3OS2. The number of nitrogens with one attached hydrogen (secondary N) is 1. The van der Waals surface area contributed by atoms with Gasteiger partial charge in [-0.15, -0.1) is 22.7 Å². The predicted octanol–water partition coefficient (Wildman–Crippen LogP) is 2.74. The largest absolute Gasteiger partial charge is 0.370 e. The fourth-order valence-electron chi connectivity index (χ4n) is 2.64. The maximum Gasteiger partial charge on any atom is 0.188 e. The van der Waals surface area contributed by atoms with Crippen LogP contribution in [-0.2, 0) is 23.2 Å². The fraction of sp³-hybridized carbons (Fsp3) is 0.438. The van der Waals surface area contributed by atoms with E-state index in [1.807, 2.05) is 0 Å². The molecule has 0 saturated heterocycles. The lowest BCUT2D eigenvalue weighted by atomic mass is 9.93. The summed E-state index contributed by atoms with van der Waals surface area (Å²) >= 11 is 3.56. The molecule has 22 heavy (non-hydrogen) atoms. The first-order valence-corrected chi connectivity index (χ1v) is 9.20. The van der Waals surface area contributed by atoms with E-state index in [4.69, 9.17) is 10.5 Å². The van der Waals surface area contributed by atoms with E-state index >= 15 is 0 Å². The molecule has 0 amide bonds. The van der Waals surface area contributed by atoms with Gasteiger partial charge in [0.2, 0.25) is 0 Å². The van der Waals surface area contributed by atoms with Crippen LogP contribution in [-0.4, -0.2) is 25.7 Å². The van der Waals surface area contributed by atoms with E-state index in [1.165, 1.54) is 15.3 Å². The number of hydrogen-bond acceptors (Lipinski definition) is 4. The summed E-state index contributed by atoms with van der Waals surface area (Å²) in [4.78, 5) is 7.25. The van der Waals surface area contributed by atoms with E-state index in [1.54, 1.807) is 22.7 Å². The van der Waals surface area contributed by atoms with Crippen molar-refractivity contribution >= 4 is 28.6 Å². The molecule has 0 saturated carbocycles. The molecular weight excluding hydrogens is 314 g/mol. The number of ether oxygens (including phenoxy) is 1. The topological polar surface area (TPSA) is 59.6 Å². The van der Waals surface area contributed by atoms with Gasteiger partial charge in [0.15, 0.2) is 5.96 Å². The maximum atomic E-state index is 5.98. The van der Waals surface area contributed by atoms with Gasteiger partial charge in [0.05, 0.1) is 13.2 Å². The van der Waals surface area contributed by atoms with Gasteiger partial charge in [-0.05, 0) is 41.8 Å². The third kappa shape index (κ3) is 3.51. The van der Waals surface area contributed by atoms with Crippen molar-refractivity contribution in [1.82, 2.24) is 5.32 Å². The number of thiophene rings is 2. The zero-order valence-corrected chi connectivity index (χ0v) is 14.3. The monoisotopic (exact) mass is 335 g/mol. The summed E-state index contributed by atoms with van der Waals surface area (Å²) in [6.07, 6.45) is 1.97. The van der Waals surface area contributed by atoms with Crippen LogP contribution in [0.2, 0.25) is 0 Å². The molecule has 2 aromatic heterocycles. The van der Waals surface area contributed by atoms with Crippen LogP contribution in [0, 0.1) is 0 Å². The summed E-state index contributed by atoms with van der Waals surface area (Å²) in [6, 6.07) is 6.35. The highest BCUT2D eigenvalue weighted by Crippen LogP contribution is 2.36. The molecule has 118 valence electrons. The highest BCUT2D eigenvalue weighted by molar-refractivity contribution is 7.10. The Labute approximate surface area is 139 Å². The van der Waals surface area contributed by atoms with Crippen molar-refractivity contribution in [3.63, 3.8) is 0 Å². The molecule has 0 fully saturated rings. The lowest BCUT2D eigenvalue weighted by molar-refractivity contribution is -0.0375. The Morgan fingerprint density at radius 3 is 3.14 bits per heavy atom. The molecule has 1 atom stereocenters. The van der Waals surface area contributed by atoms with E-state index < -0.39 is 0 Å². The van der Waals surface area contributed by atoms with Crippen LogP contribution in [0.5, 0.6) is 0 Å². The van der Waals surface area contributed by atoms with Crippen LogP contribution < -0.4 is 11.1 Å². The van der Waals surface area contributed by atoms with Crippen LogP contribution in [0.25, 0.3) is 0 Å². The first-order valence-electron chi connectivity index (χ1n) is 7.44. The van der Waals surface area contributed by atoms with Crippen LogP contribution in [0.15, 0.2) is 34.0 Å². The number of hydrogen-bond donors (Lipinski definition) is 2.